The molecule has 0 aromatic heterocycles. The Morgan fingerprint density at radius 3 is 2.43 bits per heavy atom. The monoisotopic (exact) mass is 607 g/mol. The van der Waals surface area contributed by atoms with E-state index in [4.69, 9.17) is 11.6 Å². The molecule has 1 heterocycles. The van der Waals surface area contributed by atoms with Gasteiger partial charge in [0.1, 0.15) is 23.7 Å². The van der Waals surface area contributed by atoms with Crippen molar-refractivity contribution in [3.8, 4) is 0 Å². The van der Waals surface area contributed by atoms with Gasteiger partial charge in [-0.15, -0.1) is 0 Å². The standard InChI is InChI=1S/C30H27ClF5N3O3/c1-16(2)39-26-12-8-19(31)13-18(26)7-11-24(29(39)42)37-28(41)25(14-17-5-3-4-6-23(17)33)38-27(40)21-10-9-20(32)15-22(21)30(34,35)36/h3-6,8-10,12-13,15-16,24-25H,7,11,14H2,1-2H3,(H,37,41)(H,38,40). The molecule has 0 bridgehead atoms. The van der Waals surface area contributed by atoms with E-state index >= 15 is 0 Å². The van der Waals surface area contributed by atoms with Gasteiger partial charge in [0.2, 0.25) is 11.8 Å². The Balaban J connectivity index is 1.64. The van der Waals surface area contributed by atoms with E-state index in [-0.39, 0.29) is 24.1 Å². The van der Waals surface area contributed by atoms with Crippen LogP contribution >= 0.6 is 11.6 Å². The molecule has 2 atom stereocenters. The molecule has 12 heteroatoms. The van der Waals surface area contributed by atoms with Gasteiger partial charge in [-0.05, 0) is 80.3 Å². The molecule has 3 aromatic rings. The Labute approximate surface area is 243 Å². The predicted octanol–water partition coefficient (Wildman–Crippen LogP) is 5.85. The fourth-order valence-corrected chi connectivity index (χ4v) is 5.11. The second-order valence-electron chi connectivity index (χ2n) is 10.2. The molecule has 4 rings (SSSR count). The molecule has 0 saturated carbocycles. The summed E-state index contributed by atoms with van der Waals surface area (Å²) < 4.78 is 68.9. The Morgan fingerprint density at radius 2 is 1.76 bits per heavy atom. The molecule has 1 aliphatic heterocycles. The topological polar surface area (TPSA) is 78.5 Å². The van der Waals surface area contributed by atoms with Gasteiger partial charge in [0.25, 0.3) is 5.91 Å². The number of carbonyl (C=O) groups excluding carboxylic acids is 3. The maximum Gasteiger partial charge on any atom is 0.417 e. The second-order valence-corrected chi connectivity index (χ2v) is 10.6. The van der Waals surface area contributed by atoms with Crippen molar-refractivity contribution in [1.29, 1.82) is 0 Å². The van der Waals surface area contributed by atoms with E-state index in [1.807, 2.05) is 0 Å². The van der Waals surface area contributed by atoms with Gasteiger partial charge in [0.15, 0.2) is 0 Å². The minimum atomic E-state index is -5.07. The SMILES string of the molecule is CC(C)N1C(=O)C(NC(=O)C(Cc2ccccc2F)NC(=O)c2ccc(F)cc2C(F)(F)F)CCc2cc(Cl)ccc21. The molecule has 0 spiro atoms. The van der Waals surface area contributed by atoms with Crippen molar-refractivity contribution in [2.24, 2.45) is 0 Å². The number of anilines is 1. The zero-order chi connectivity index (χ0) is 30.8. The van der Waals surface area contributed by atoms with Crippen LogP contribution in [0.25, 0.3) is 0 Å². The largest absolute Gasteiger partial charge is 0.417 e. The molecule has 0 saturated heterocycles. The first kappa shape index (κ1) is 31.0. The third-order valence-corrected chi connectivity index (χ3v) is 7.14. The van der Waals surface area contributed by atoms with Gasteiger partial charge in [-0.25, -0.2) is 8.78 Å². The number of aryl methyl sites for hydroxylation is 1. The van der Waals surface area contributed by atoms with E-state index in [0.717, 1.165) is 11.6 Å². The zero-order valence-electron chi connectivity index (χ0n) is 22.6. The number of carbonyl (C=O) groups is 3. The third-order valence-electron chi connectivity index (χ3n) is 6.91. The average molecular weight is 608 g/mol. The number of benzene rings is 3. The summed E-state index contributed by atoms with van der Waals surface area (Å²) in [5, 5.41) is 5.32. The number of hydrogen-bond donors (Lipinski definition) is 2. The van der Waals surface area contributed by atoms with Gasteiger partial charge >= 0.3 is 6.18 Å². The van der Waals surface area contributed by atoms with E-state index in [9.17, 15) is 36.3 Å². The van der Waals surface area contributed by atoms with Gasteiger partial charge in [-0.3, -0.25) is 14.4 Å². The zero-order valence-corrected chi connectivity index (χ0v) is 23.3. The third kappa shape index (κ3) is 6.89. The van der Waals surface area contributed by atoms with Gasteiger partial charge < -0.3 is 15.5 Å². The first-order chi connectivity index (χ1) is 19.8. The fourth-order valence-electron chi connectivity index (χ4n) is 4.92. The van der Waals surface area contributed by atoms with Crippen LogP contribution in [0.3, 0.4) is 0 Å². The summed E-state index contributed by atoms with van der Waals surface area (Å²) in [6.07, 6.45) is -4.97. The van der Waals surface area contributed by atoms with E-state index in [2.05, 4.69) is 10.6 Å². The molecule has 222 valence electrons. The van der Waals surface area contributed by atoms with Crippen LogP contribution in [0, 0.1) is 11.6 Å². The van der Waals surface area contributed by atoms with Crippen LogP contribution in [0.5, 0.6) is 0 Å². The molecule has 42 heavy (non-hydrogen) atoms. The van der Waals surface area contributed by atoms with Gasteiger partial charge in [0.05, 0.1) is 11.1 Å². The van der Waals surface area contributed by atoms with E-state index < -0.39 is 65.2 Å². The number of halogens is 6. The van der Waals surface area contributed by atoms with Crippen molar-refractivity contribution in [1.82, 2.24) is 10.6 Å². The fraction of sp³-hybridized carbons (Fsp3) is 0.300. The van der Waals surface area contributed by atoms with E-state index in [1.165, 1.54) is 23.1 Å². The Bertz CT molecular complexity index is 1510. The normalized spacial score (nSPS) is 16.1. The highest BCUT2D eigenvalue weighted by atomic mass is 35.5. The summed E-state index contributed by atoms with van der Waals surface area (Å²) in [4.78, 5) is 41.7. The summed E-state index contributed by atoms with van der Waals surface area (Å²) >= 11 is 6.16. The lowest BCUT2D eigenvalue weighted by atomic mass is 10.0. The van der Waals surface area contributed by atoms with E-state index in [1.54, 1.807) is 32.0 Å². The highest BCUT2D eigenvalue weighted by molar-refractivity contribution is 6.30. The molecule has 2 unspecified atom stereocenters. The summed E-state index contributed by atoms with van der Waals surface area (Å²) in [6, 6.07) is 9.05. The molecule has 3 aromatic carbocycles. The smallest absolute Gasteiger partial charge is 0.342 e. The van der Waals surface area contributed by atoms with Crippen LogP contribution in [0.2, 0.25) is 5.02 Å². The molecular formula is C30H27ClF5N3O3. The number of nitrogens with zero attached hydrogens (tertiary/aromatic N) is 1. The second kappa shape index (κ2) is 12.5. The maximum absolute atomic E-state index is 14.5. The minimum Gasteiger partial charge on any atom is -0.342 e. The van der Waals surface area contributed by atoms with Crippen molar-refractivity contribution >= 4 is 35.0 Å². The quantitative estimate of drug-likeness (QED) is 0.331. The number of amides is 3. The van der Waals surface area contributed by atoms with Crippen LogP contribution in [-0.4, -0.2) is 35.8 Å². The lowest BCUT2D eigenvalue weighted by Gasteiger charge is -2.30. The predicted molar refractivity (Wildman–Crippen MR) is 147 cm³/mol. The summed E-state index contributed by atoms with van der Waals surface area (Å²) in [5.41, 5.74) is -1.03. The van der Waals surface area contributed by atoms with Crippen molar-refractivity contribution < 1.29 is 36.3 Å². The van der Waals surface area contributed by atoms with Gasteiger partial charge in [-0.1, -0.05) is 29.8 Å². The molecule has 6 nitrogen and oxygen atoms in total. The highest BCUT2D eigenvalue weighted by Gasteiger charge is 2.38. The molecule has 2 N–H and O–H groups in total. The van der Waals surface area contributed by atoms with Crippen molar-refractivity contribution in [3.63, 3.8) is 0 Å². The summed E-state index contributed by atoms with van der Waals surface area (Å²) in [6.45, 7) is 3.59. The number of fused-ring (bicyclic) bond motifs is 1. The highest BCUT2D eigenvalue weighted by Crippen LogP contribution is 2.33. The Morgan fingerprint density at radius 1 is 1.05 bits per heavy atom. The molecule has 0 fully saturated rings. The summed E-state index contributed by atoms with van der Waals surface area (Å²) in [7, 11) is 0. The van der Waals surface area contributed by atoms with Crippen LogP contribution in [0.1, 0.15) is 47.3 Å². The van der Waals surface area contributed by atoms with E-state index in [0.29, 0.717) is 29.3 Å². The average Bonchev–Trinajstić information content (AvgIpc) is 3.04. The van der Waals surface area contributed by atoms with Crippen LogP contribution < -0.4 is 15.5 Å². The first-order valence-corrected chi connectivity index (χ1v) is 13.5. The molecule has 0 radical (unpaired) electrons. The van der Waals surface area contributed by atoms with Gasteiger partial charge in [-0.2, -0.15) is 13.2 Å². The van der Waals surface area contributed by atoms with Crippen molar-refractivity contribution in [2.45, 2.75) is 57.4 Å². The maximum atomic E-state index is 14.5. The minimum absolute atomic E-state index is 0.00569. The number of alkyl halides is 3. The lowest BCUT2D eigenvalue weighted by molar-refractivity contribution is -0.138. The summed E-state index contributed by atoms with van der Waals surface area (Å²) in [5.74, 6) is -4.58. The van der Waals surface area contributed by atoms with Gasteiger partial charge in [0, 0.05) is 23.2 Å². The molecular weight excluding hydrogens is 581 g/mol. The van der Waals surface area contributed by atoms with Crippen molar-refractivity contribution in [3.05, 3.63) is 99.6 Å². The first-order valence-electron chi connectivity index (χ1n) is 13.1. The number of rotatable bonds is 7. The van der Waals surface area contributed by atoms with Crippen LogP contribution in [0.15, 0.2) is 60.7 Å². The Kier molecular flexibility index (Phi) is 9.20. The number of nitrogens with one attached hydrogen (secondary N) is 2. The molecule has 3 amide bonds. The van der Waals surface area contributed by atoms with Crippen molar-refractivity contribution in [2.75, 3.05) is 4.90 Å². The molecule has 1 aliphatic rings. The Hall–Kier alpha value is -3.99. The number of hydrogen-bond acceptors (Lipinski definition) is 3. The lowest BCUT2D eigenvalue weighted by Crippen LogP contribution is -2.55. The van der Waals surface area contributed by atoms with Crippen LogP contribution in [-0.2, 0) is 28.6 Å². The van der Waals surface area contributed by atoms with Crippen LogP contribution in [0.4, 0.5) is 27.6 Å². The molecule has 0 aliphatic carbocycles.